The van der Waals surface area contributed by atoms with E-state index in [0.29, 0.717) is 19.0 Å². The summed E-state index contributed by atoms with van der Waals surface area (Å²) in [5, 5.41) is 15.5. The van der Waals surface area contributed by atoms with Gasteiger partial charge in [0.05, 0.1) is 24.5 Å². The van der Waals surface area contributed by atoms with Gasteiger partial charge in [-0.1, -0.05) is 32.9 Å². The van der Waals surface area contributed by atoms with Crippen LogP contribution in [0, 0.1) is 0 Å². The van der Waals surface area contributed by atoms with Crippen molar-refractivity contribution in [1.82, 2.24) is 25.6 Å². The summed E-state index contributed by atoms with van der Waals surface area (Å²) in [6.07, 6.45) is 4.02. The number of halogens is 1. The fourth-order valence-electron chi connectivity index (χ4n) is 3.55. The molecule has 2 heterocycles. The molecular formula is C21H37IN6O. The van der Waals surface area contributed by atoms with Gasteiger partial charge in [0, 0.05) is 36.8 Å². The van der Waals surface area contributed by atoms with Gasteiger partial charge < -0.3 is 15.2 Å². The molecule has 0 atom stereocenters. The van der Waals surface area contributed by atoms with Crippen LogP contribution in [0.5, 0.6) is 0 Å². The summed E-state index contributed by atoms with van der Waals surface area (Å²) in [6, 6.07) is 2.06. The molecule has 0 unspecified atom stereocenters. The third-order valence-corrected chi connectivity index (χ3v) is 5.18. The largest absolute Gasteiger partial charge is 0.359 e. The van der Waals surface area contributed by atoms with E-state index in [2.05, 4.69) is 61.6 Å². The monoisotopic (exact) mass is 516 g/mol. The van der Waals surface area contributed by atoms with Gasteiger partial charge in [0.1, 0.15) is 0 Å². The van der Waals surface area contributed by atoms with Crippen LogP contribution in [0.15, 0.2) is 15.6 Å². The van der Waals surface area contributed by atoms with Crippen molar-refractivity contribution < 1.29 is 4.52 Å². The van der Waals surface area contributed by atoms with Crippen LogP contribution in [0.3, 0.4) is 0 Å². The van der Waals surface area contributed by atoms with Crippen LogP contribution in [0.25, 0.3) is 0 Å². The van der Waals surface area contributed by atoms with Crippen molar-refractivity contribution >= 4 is 29.9 Å². The molecule has 0 saturated heterocycles. The predicted molar refractivity (Wildman–Crippen MR) is 129 cm³/mol. The van der Waals surface area contributed by atoms with Crippen LogP contribution >= 0.6 is 24.0 Å². The highest BCUT2D eigenvalue weighted by molar-refractivity contribution is 14.0. The van der Waals surface area contributed by atoms with Gasteiger partial charge in [-0.05, 0) is 32.6 Å². The van der Waals surface area contributed by atoms with Crippen LogP contribution in [0.2, 0.25) is 0 Å². The van der Waals surface area contributed by atoms with E-state index >= 15 is 0 Å². The van der Waals surface area contributed by atoms with Crippen molar-refractivity contribution in [2.75, 3.05) is 6.54 Å². The highest BCUT2D eigenvalue weighted by atomic mass is 127. The van der Waals surface area contributed by atoms with E-state index < -0.39 is 0 Å². The average molecular weight is 516 g/mol. The molecule has 164 valence electrons. The third-order valence-electron chi connectivity index (χ3n) is 5.18. The zero-order valence-corrected chi connectivity index (χ0v) is 21.0. The van der Waals surface area contributed by atoms with Gasteiger partial charge in [0.25, 0.3) is 0 Å². The molecule has 0 radical (unpaired) electrons. The lowest BCUT2D eigenvalue weighted by atomic mass is 9.99. The first-order chi connectivity index (χ1) is 13.6. The Hall–Kier alpha value is -1.58. The molecule has 0 bridgehead atoms. The second-order valence-electron chi connectivity index (χ2n) is 6.98. The maximum absolute atomic E-state index is 5.51. The number of aromatic nitrogens is 3. The highest BCUT2D eigenvalue weighted by Crippen LogP contribution is 2.22. The summed E-state index contributed by atoms with van der Waals surface area (Å²) in [4.78, 5) is 4.78. The van der Waals surface area contributed by atoms with Gasteiger partial charge >= 0.3 is 0 Å². The number of hydrogen-bond donors (Lipinski definition) is 2. The van der Waals surface area contributed by atoms with Crippen molar-refractivity contribution in [2.24, 2.45) is 12.0 Å². The minimum atomic E-state index is 0. The first-order valence-corrected chi connectivity index (χ1v) is 10.6. The van der Waals surface area contributed by atoms with Crippen molar-refractivity contribution in [3.05, 3.63) is 34.5 Å². The van der Waals surface area contributed by atoms with Gasteiger partial charge in [-0.3, -0.25) is 4.68 Å². The van der Waals surface area contributed by atoms with Crippen molar-refractivity contribution in [3.8, 4) is 0 Å². The molecule has 2 aromatic heterocycles. The quantitative estimate of drug-likeness (QED) is 0.280. The summed E-state index contributed by atoms with van der Waals surface area (Å²) in [7, 11) is 2.01. The van der Waals surface area contributed by atoms with Gasteiger partial charge in [0.15, 0.2) is 11.7 Å². The number of hydrogen-bond acceptors (Lipinski definition) is 4. The molecule has 0 aliphatic carbocycles. The fourth-order valence-corrected chi connectivity index (χ4v) is 3.55. The van der Waals surface area contributed by atoms with Gasteiger partial charge in [0.2, 0.25) is 0 Å². The van der Waals surface area contributed by atoms with Crippen molar-refractivity contribution in [2.45, 2.75) is 79.3 Å². The predicted octanol–water partition coefficient (Wildman–Crippen LogP) is 4.31. The molecule has 2 aromatic rings. The fraction of sp³-hybridized carbons (Fsp3) is 0.667. The Kier molecular flexibility index (Phi) is 11.3. The standard InChI is InChI=1S/C21H36N6O.HI/c1-7-15(8-2)19-12-16(28-26-19)13-23-21(22-11-5)24-14-17-18(9-3)25-27(6)20(17)10-4;/h12,15H,7-11,13-14H2,1-6H3,(H2,22,23,24);1H. The lowest BCUT2D eigenvalue weighted by Crippen LogP contribution is -2.36. The molecule has 0 fully saturated rings. The van der Waals surface area contributed by atoms with Crippen LogP contribution in [-0.4, -0.2) is 27.4 Å². The lowest BCUT2D eigenvalue weighted by molar-refractivity contribution is 0.368. The highest BCUT2D eigenvalue weighted by Gasteiger charge is 2.15. The van der Waals surface area contributed by atoms with E-state index in [9.17, 15) is 0 Å². The molecule has 29 heavy (non-hydrogen) atoms. The number of guanidine groups is 1. The summed E-state index contributed by atoms with van der Waals surface area (Å²) < 4.78 is 7.49. The van der Waals surface area contributed by atoms with Gasteiger partial charge in [-0.15, -0.1) is 24.0 Å². The number of aliphatic imine (C=N–C) groups is 1. The zero-order valence-electron chi connectivity index (χ0n) is 18.7. The van der Waals surface area contributed by atoms with Gasteiger partial charge in [-0.2, -0.15) is 5.10 Å². The topological polar surface area (TPSA) is 80.3 Å². The molecule has 2 rings (SSSR count). The second kappa shape index (κ2) is 12.9. The minimum absolute atomic E-state index is 0. The Labute approximate surface area is 192 Å². The molecule has 0 amide bonds. The molecular weight excluding hydrogens is 479 g/mol. The zero-order chi connectivity index (χ0) is 20.5. The molecule has 0 spiro atoms. The smallest absolute Gasteiger partial charge is 0.191 e. The minimum Gasteiger partial charge on any atom is -0.359 e. The van der Waals surface area contributed by atoms with E-state index in [-0.39, 0.29) is 24.0 Å². The Morgan fingerprint density at radius 3 is 2.45 bits per heavy atom. The third kappa shape index (κ3) is 6.72. The number of nitrogens with zero attached hydrogens (tertiary/aromatic N) is 4. The van der Waals surface area contributed by atoms with Crippen LogP contribution in [0.1, 0.15) is 81.8 Å². The SMILES string of the molecule is CCNC(=NCc1c(CC)nn(C)c1CC)NCc1cc(C(CC)CC)no1.I. The summed E-state index contributed by atoms with van der Waals surface area (Å²) in [5.41, 5.74) is 4.66. The van der Waals surface area contributed by atoms with E-state index in [1.165, 1.54) is 11.3 Å². The summed E-state index contributed by atoms with van der Waals surface area (Å²) >= 11 is 0. The Morgan fingerprint density at radius 2 is 1.86 bits per heavy atom. The molecule has 0 aromatic carbocycles. The molecule has 8 heteroatoms. The Balaban J connectivity index is 0.00000420. The molecule has 0 saturated carbocycles. The second-order valence-corrected chi connectivity index (χ2v) is 6.98. The molecule has 7 nitrogen and oxygen atoms in total. The maximum atomic E-state index is 5.51. The number of nitrogens with one attached hydrogen (secondary N) is 2. The van der Waals surface area contributed by atoms with Crippen LogP contribution in [-0.2, 0) is 33.0 Å². The maximum Gasteiger partial charge on any atom is 0.191 e. The first-order valence-electron chi connectivity index (χ1n) is 10.6. The van der Waals surface area contributed by atoms with Crippen molar-refractivity contribution in [1.29, 1.82) is 0 Å². The van der Waals surface area contributed by atoms with E-state index in [1.807, 2.05) is 11.7 Å². The summed E-state index contributed by atoms with van der Waals surface area (Å²) in [6.45, 7) is 12.7. The van der Waals surface area contributed by atoms with E-state index in [4.69, 9.17) is 9.52 Å². The molecule has 0 aliphatic heterocycles. The molecule has 2 N–H and O–H groups in total. The lowest BCUT2D eigenvalue weighted by Gasteiger charge is -2.10. The van der Waals surface area contributed by atoms with Gasteiger partial charge in [-0.25, -0.2) is 4.99 Å². The Morgan fingerprint density at radius 1 is 1.14 bits per heavy atom. The van der Waals surface area contributed by atoms with Crippen LogP contribution < -0.4 is 10.6 Å². The van der Waals surface area contributed by atoms with E-state index in [0.717, 1.165) is 55.3 Å². The average Bonchev–Trinajstić information content (AvgIpc) is 3.28. The van der Waals surface area contributed by atoms with E-state index in [1.54, 1.807) is 0 Å². The normalized spacial score (nSPS) is 11.6. The number of aryl methyl sites for hydroxylation is 2. The Bertz CT molecular complexity index is 763. The number of rotatable bonds is 10. The molecule has 0 aliphatic rings. The first kappa shape index (κ1) is 25.5. The van der Waals surface area contributed by atoms with Crippen molar-refractivity contribution in [3.63, 3.8) is 0 Å². The van der Waals surface area contributed by atoms with Crippen LogP contribution in [0.4, 0.5) is 0 Å². The summed E-state index contributed by atoms with van der Waals surface area (Å²) in [5.74, 6) is 2.07.